The van der Waals surface area contributed by atoms with Gasteiger partial charge in [0, 0.05) is 52.0 Å². The summed E-state index contributed by atoms with van der Waals surface area (Å²) < 4.78 is 24.9. The summed E-state index contributed by atoms with van der Waals surface area (Å²) in [6.07, 6.45) is 5.85. The lowest BCUT2D eigenvalue weighted by molar-refractivity contribution is 0.0421. The summed E-state index contributed by atoms with van der Waals surface area (Å²) in [4.78, 5) is 41.5. The van der Waals surface area contributed by atoms with E-state index in [9.17, 15) is 14.4 Å². The van der Waals surface area contributed by atoms with Crippen LogP contribution >= 0.6 is 24.4 Å². The maximum absolute atomic E-state index is 13.6. The Morgan fingerprint density at radius 3 is 1.49 bits per heavy atom. The molecule has 272 valence electrons. The molecule has 11 nitrogen and oxygen atoms in total. The van der Waals surface area contributed by atoms with Crippen molar-refractivity contribution in [1.82, 2.24) is 21.3 Å². The highest BCUT2D eigenvalue weighted by Crippen LogP contribution is 2.17. The maximum atomic E-state index is 13.6. The molecule has 13 heteroatoms. The molecule has 5 N–H and O–H groups in total. The predicted molar refractivity (Wildman–Crippen MR) is 203 cm³/mol. The van der Waals surface area contributed by atoms with E-state index >= 15 is 0 Å². The van der Waals surface area contributed by atoms with Gasteiger partial charge in [-0.05, 0) is 99.5 Å². The highest BCUT2D eigenvalue weighted by molar-refractivity contribution is 7.80. The minimum absolute atomic E-state index is 0.0598. The number of ether oxygens (including phenoxy) is 3. The van der Waals surface area contributed by atoms with Gasteiger partial charge < -0.3 is 24.8 Å². The number of amides is 3. The third-order valence-electron chi connectivity index (χ3n) is 8.24. The van der Waals surface area contributed by atoms with Gasteiger partial charge in [0.2, 0.25) is 0 Å². The van der Waals surface area contributed by atoms with Crippen molar-refractivity contribution in [2.24, 2.45) is 0 Å². The zero-order valence-electron chi connectivity index (χ0n) is 29.8. The van der Waals surface area contributed by atoms with Crippen molar-refractivity contribution in [3.05, 3.63) is 29.8 Å². The van der Waals surface area contributed by atoms with Gasteiger partial charge in [-0.15, -0.1) is 35.5 Å². The fourth-order valence-corrected chi connectivity index (χ4v) is 6.16. The average molecular weight is 735 g/mol. The number of hydrogen-bond acceptors (Lipinski definition) is 8. The molecule has 0 saturated heterocycles. The third-order valence-corrected chi connectivity index (χ3v) is 8.58. The predicted octanol–water partition coefficient (Wildman–Crippen LogP) is 6.70. The van der Waals surface area contributed by atoms with Crippen LogP contribution in [-0.4, -0.2) is 52.5 Å². The van der Waals surface area contributed by atoms with E-state index in [1.54, 1.807) is 12.1 Å². The molecule has 0 saturated carbocycles. The lowest BCUT2D eigenvalue weighted by Crippen LogP contribution is -2.79. The molecule has 0 heterocycles. The van der Waals surface area contributed by atoms with Crippen LogP contribution in [0.25, 0.3) is 0 Å². The van der Waals surface area contributed by atoms with Crippen LogP contribution in [0.2, 0.25) is 0 Å². The highest BCUT2D eigenvalue weighted by Gasteiger charge is 2.40. The second-order valence-corrected chi connectivity index (χ2v) is 13.5. The minimum atomic E-state index is -2.26. The van der Waals surface area contributed by atoms with E-state index in [2.05, 4.69) is 62.1 Å². The fraction of sp³-hybridized carbons (Fsp3) is 0.553. The molecule has 1 aromatic carbocycles. The number of alkyl carbamates (subject to hydrolysis) is 3. The molecule has 0 bridgehead atoms. The number of benzene rings is 1. The Morgan fingerprint density at radius 1 is 0.667 bits per heavy atom. The molecule has 0 radical (unpaired) electrons. The second-order valence-electron chi connectivity index (χ2n) is 12.6. The van der Waals surface area contributed by atoms with Crippen molar-refractivity contribution in [2.75, 3.05) is 5.32 Å². The minimum Gasteiger partial charge on any atom is -0.446 e. The standard InChI is InChI=1S/C38H47N5O6S2/c1-28(50)27-29-23-25-30(26-24-29)39-34(51)40-38(41-35(44)47-31-17-11-5-2-6-12-18-31,42-36(45)48-32-19-13-7-3-8-14-20-32)43-37(46)49-33-21-15-9-4-10-16-22-33/h23-26,31-33H,5,7,9,11-22,27H2,1H3,(H,41,44)(H,42,45)(H,43,46)(H2,39,40,51)/i1D. The van der Waals surface area contributed by atoms with Crippen molar-refractivity contribution in [2.45, 2.75) is 134 Å². The van der Waals surface area contributed by atoms with Gasteiger partial charge in [0.25, 0.3) is 5.91 Å². The monoisotopic (exact) mass is 734 g/mol. The molecule has 1 aromatic rings. The van der Waals surface area contributed by atoms with Crippen molar-refractivity contribution in [3.63, 3.8) is 0 Å². The Bertz CT molecular complexity index is 1480. The molecule has 3 unspecified atom stereocenters. The molecular weight excluding hydrogens is 687 g/mol. The van der Waals surface area contributed by atoms with Gasteiger partial charge in [0.15, 0.2) is 5.11 Å². The highest BCUT2D eigenvalue weighted by atomic mass is 32.1. The summed E-state index contributed by atoms with van der Waals surface area (Å²) in [7, 11) is 0. The van der Waals surface area contributed by atoms with Crippen LogP contribution in [0.1, 0.15) is 110 Å². The number of rotatable bonds is 10. The van der Waals surface area contributed by atoms with Gasteiger partial charge >= 0.3 is 18.3 Å². The van der Waals surface area contributed by atoms with Crippen LogP contribution < -0.4 is 26.6 Å². The molecule has 0 spiro atoms. The Balaban J connectivity index is 1.58. The number of carbonyl (C=O) groups excluding carboxylic acids is 3. The van der Waals surface area contributed by atoms with E-state index < -0.39 is 42.5 Å². The summed E-state index contributed by atoms with van der Waals surface area (Å²) in [6, 6.07) is 7.24. The molecule has 0 fully saturated rings. The maximum Gasteiger partial charge on any atom is 0.412 e. The first-order valence-corrected chi connectivity index (χ1v) is 18.4. The molecular formula is C38H47N5O6S2. The first-order valence-electron chi connectivity index (χ1n) is 18.3. The summed E-state index contributed by atoms with van der Waals surface area (Å²) in [5, 5.41) is 13.7. The van der Waals surface area contributed by atoms with Crippen molar-refractivity contribution >= 4 is 58.4 Å². The Labute approximate surface area is 313 Å². The van der Waals surface area contributed by atoms with Crippen LogP contribution in [0.3, 0.4) is 0 Å². The van der Waals surface area contributed by atoms with Crippen LogP contribution in [0.15, 0.2) is 24.3 Å². The van der Waals surface area contributed by atoms with Crippen molar-refractivity contribution < 1.29 is 30.0 Å². The number of carbonyl (C=O) groups is 3. The molecule has 3 amide bonds. The Hall–Kier alpha value is -4.51. The van der Waals surface area contributed by atoms with Gasteiger partial charge in [0.05, 0.1) is 0 Å². The van der Waals surface area contributed by atoms with E-state index in [0.29, 0.717) is 94.0 Å². The molecule has 3 aliphatic carbocycles. The molecule has 3 atom stereocenters. The van der Waals surface area contributed by atoms with Gasteiger partial charge in [-0.25, -0.2) is 14.4 Å². The Kier molecular flexibility index (Phi) is 15.5. The number of hydrogen-bond donors (Lipinski definition) is 5. The topological polar surface area (TPSA) is 139 Å². The van der Waals surface area contributed by atoms with E-state index in [-0.39, 0.29) is 12.0 Å². The van der Waals surface area contributed by atoms with Gasteiger partial charge in [-0.3, -0.25) is 16.0 Å². The Morgan fingerprint density at radius 2 is 1.08 bits per heavy atom. The van der Waals surface area contributed by atoms with Gasteiger partial charge in [0.1, 0.15) is 18.3 Å². The molecule has 4 rings (SSSR count). The van der Waals surface area contributed by atoms with Gasteiger partial charge in [-0.1, -0.05) is 24.4 Å². The molecule has 0 aromatic heterocycles. The SMILES string of the molecule is [2H]CC(=S)Cc1ccc(NC(=S)NC(NC(=O)OC2CCC#CCCC2)(NC(=O)OC2CCC#CCCC2)NC(=O)OC2CCC#CCCC2)cc1. The largest absolute Gasteiger partial charge is 0.446 e. The first kappa shape index (κ1) is 37.7. The second kappa shape index (κ2) is 21.0. The summed E-state index contributed by atoms with van der Waals surface area (Å²) in [5.41, 5.74) is 1.50. The van der Waals surface area contributed by atoms with E-state index in [1.807, 2.05) is 12.1 Å². The van der Waals surface area contributed by atoms with Crippen molar-refractivity contribution in [1.29, 1.82) is 0 Å². The van der Waals surface area contributed by atoms with E-state index in [1.165, 1.54) is 0 Å². The number of anilines is 1. The van der Waals surface area contributed by atoms with Crippen LogP contribution in [0.4, 0.5) is 20.1 Å². The summed E-state index contributed by atoms with van der Waals surface area (Å²) >= 11 is 10.9. The molecule has 51 heavy (non-hydrogen) atoms. The van der Waals surface area contributed by atoms with E-state index in [4.69, 9.17) is 40.0 Å². The fourth-order valence-electron chi connectivity index (χ4n) is 5.73. The van der Waals surface area contributed by atoms with Crippen LogP contribution in [0.5, 0.6) is 0 Å². The summed E-state index contributed by atoms with van der Waals surface area (Å²) in [6.45, 7) is 0.0598. The number of nitrogens with one attached hydrogen (secondary N) is 5. The zero-order valence-corrected chi connectivity index (χ0v) is 30.5. The average Bonchev–Trinajstić information content (AvgIpc) is 3.05. The quantitative estimate of drug-likeness (QED) is 0.0764. The summed E-state index contributed by atoms with van der Waals surface area (Å²) in [5.74, 6) is 16.2. The van der Waals surface area contributed by atoms with Crippen LogP contribution in [-0.2, 0) is 20.6 Å². The third kappa shape index (κ3) is 15.1. The van der Waals surface area contributed by atoms with Crippen LogP contribution in [0, 0.1) is 35.5 Å². The smallest absolute Gasteiger partial charge is 0.412 e. The normalized spacial score (nSPS) is 21.3. The molecule has 3 aliphatic rings. The lowest BCUT2D eigenvalue weighted by Gasteiger charge is -2.37. The number of thiocarbonyl (C=S) groups is 2. The lowest BCUT2D eigenvalue weighted by atomic mass is 10.0. The van der Waals surface area contributed by atoms with E-state index in [0.717, 1.165) is 24.8 Å². The molecule has 0 aliphatic heterocycles. The van der Waals surface area contributed by atoms with Crippen molar-refractivity contribution in [3.8, 4) is 35.5 Å². The first-order chi connectivity index (χ1) is 25.2. The van der Waals surface area contributed by atoms with Gasteiger partial charge in [-0.2, -0.15) is 0 Å². The zero-order chi connectivity index (χ0) is 37.0.